The summed E-state index contributed by atoms with van der Waals surface area (Å²) in [4.78, 5) is 18.1. The van der Waals surface area contributed by atoms with Gasteiger partial charge in [0.25, 0.3) is 0 Å². The normalized spacial score (nSPS) is 25.0. The number of piperidine rings is 1. The molecule has 2 atom stereocenters. The summed E-state index contributed by atoms with van der Waals surface area (Å²) in [5.74, 6) is 0.603. The first-order chi connectivity index (χ1) is 11.1. The molecular weight excluding hydrogens is 360 g/mol. The van der Waals surface area contributed by atoms with Crippen molar-refractivity contribution in [2.75, 3.05) is 11.4 Å². The van der Waals surface area contributed by atoms with E-state index >= 15 is 0 Å². The van der Waals surface area contributed by atoms with Crippen LogP contribution in [-0.2, 0) is 4.79 Å². The Morgan fingerprint density at radius 1 is 1.39 bits per heavy atom. The molecule has 2 fully saturated rings. The standard InChI is InChI=1S/C16H19BrN4O2/c1-9-6-11(16(22)23)4-5-20(9)15-14-12(10-2-3-10)7-13(17)21(14)19-8-18-15/h7-11H,2-6H2,1H3,(H,22,23)/t9-,11?/m1/s1. The summed E-state index contributed by atoms with van der Waals surface area (Å²) in [6, 6.07) is 2.31. The van der Waals surface area contributed by atoms with Crippen LogP contribution in [0.25, 0.3) is 5.52 Å². The van der Waals surface area contributed by atoms with E-state index in [0.29, 0.717) is 18.8 Å². The number of carbonyl (C=O) groups is 1. The number of hydrogen-bond acceptors (Lipinski definition) is 4. The number of anilines is 1. The van der Waals surface area contributed by atoms with Gasteiger partial charge in [-0.2, -0.15) is 5.10 Å². The first-order valence-electron chi connectivity index (χ1n) is 8.08. The van der Waals surface area contributed by atoms with Crippen LogP contribution in [0.15, 0.2) is 17.0 Å². The highest BCUT2D eigenvalue weighted by Crippen LogP contribution is 2.45. The fourth-order valence-electron chi connectivity index (χ4n) is 3.64. The number of fused-ring (bicyclic) bond motifs is 1. The highest BCUT2D eigenvalue weighted by molar-refractivity contribution is 9.10. The number of carboxylic acid groups (broad SMARTS) is 1. The average Bonchev–Trinajstić information content (AvgIpc) is 3.32. The predicted molar refractivity (Wildman–Crippen MR) is 89.8 cm³/mol. The van der Waals surface area contributed by atoms with E-state index < -0.39 is 5.97 Å². The molecule has 4 rings (SSSR count). The van der Waals surface area contributed by atoms with Gasteiger partial charge in [0, 0.05) is 12.6 Å². The molecule has 2 aliphatic rings. The Morgan fingerprint density at radius 2 is 2.17 bits per heavy atom. The van der Waals surface area contributed by atoms with Crippen LogP contribution in [0.1, 0.15) is 44.1 Å². The lowest BCUT2D eigenvalue weighted by Crippen LogP contribution is -2.43. The number of aliphatic carboxylic acids is 1. The fourth-order valence-corrected chi connectivity index (χ4v) is 4.16. The third-order valence-electron chi connectivity index (χ3n) is 5.04. The number of rotatable bonds is 3. The van der Waals surface area contributed by atoms with Crippen LogP contribution in [-0.4, -0.2) is 38.3 Å². The van der Waals surface area contributed by atoms with Crippen LogP contribution < -0.4 is 4.90 Å². The van der Waals surface area contributed by atoms with E-state index in [-0.39, 0.29) is 12.0 Å². The van der Waals surface area contributed by atoms with Gasteiger partial charge < -0.3 is 10.0 Å². The molecule has 3 heterocycles. The topological polar surface area (TPSA) is 70.7 Å². The van der Waals surface area contributed by atoms with Gasteiger partial charge >= 0.3 is 5.97 Å². The van der Waals surface area contributed by atoms with Gasteiger partial charge in [-0.05, 0) is 66.1 Å². The fraction of sp³-hybridized carbons (Fsp3) is 0.562. The predicted octanol–water partition coefficient (Wildman–Crippen LogP) is 3.06. The summed E-state index contributed by atoms with van der Waals surface area (Å²) in [5.41, 5.74) is 2.38. The monoisotopic (exact) mass is 378 g/mol. The maximum absolute atomic E-state index is 11.3. The summed E-state index contributed by atoms with van der Waals surface area (Å²) in [7, 11) is 0. The zero-order chi connectivity index (χ0) is 16.1. The third kappa shape index (κ3) is 2.51. The van der Waals surface area contributed by atoms with Crippen LogP contribution in [0.3, 0.4) is 0 Å². The highest BCUT2D eigenvalue weighted by Gasteiger charge is 2.34. The minimum absolute atomic E-state index is 0.157. The second-order valence-electron chi connectivity index (χ2n) is 6.64. The SMILES string of the molecule is C[C@@H]1CC(C(=O)O)CCN1c1ncnn2c(Br)cc(C3CC3)c12. The molecule has 0 radical (unpaired) electrons. The van der Waals surface area contributed by atoms with Crippen LogP contribution in [0.2, 0.25) is 0 Å². The Kier molecular flexibility index (Phi) is 3.55. The van der Waals surface area contributed by atoms with Crippen LogP contribution >= 0.6 is 15.9 Å². The Bertz CT molecular complexity index is 771. The molecule has 1 saturated carbocycles. The molecule has 7 heteroatoms. The van der Waals surface area contributed by atoms with E-state index in [2.05, 4.69) is 43.9 Å². The molecule has 6 nitrogen and oxygen atoms in total. The van der Waals surface area contributed by atoms with E-state index in [9.17, 15) is 9.90 Å². The first-order valence-corrected chi connectivity index (χ1v) is 8.87. The molecule has 0 spiro atoms. The number of nitrogens with zero attached hydrogens (tertiary/aromatic N) is 4. The van der Waals surface area contributed by atoms with Crippen molar-refractivity contribution in [1.29, 1.82) is 0 Å². The first kappa shape index (κ1) is 14.9. The molecule has 1 N–H and O–H groups in total. The molecule has 0 bridgehead atoms. The smallest absolute Gasteiger partial charge is 0.306 e. The van der Waals surface area contributed by atoms with Gasteiger partial charge in [0.05, 0.1) is 5.92 Å². The van der Waals surface area contributed by atoms with Crippen molar-refractivity contribution in [2.24, 2.45) is 5.92 Å². The van der Waals surface area contributed by atoms with Crippen molar-refractivity contribution >= 4 is 33.2 Å². The lowest BCUT2D eigenvalue weighted by Gasteiger charge is -2.37. The van der Waals surface area contributed by atoms with Gasteiger partial charge in [-0.15, -0.1) is 0 Å². The molecule has 122 valence electrons. The summed E-state index contributed by atoms with van der Waals surface area (Å²) in [6.07, 6.45) is 5.34. The Labute approximate surface area is 142 Å². The van der Waals surface area contributed by atoms with Gasteiger partial charge in [-0.25, -0.2) is 9.50 Å². The van der Waals surface area contributed by atoms with Gasteiger partial charge in [-0.3, -0.25) is 4.79 Å². The largest absolute Gasteiger partial charge is 0.481 e. The van der Waals surface area contributed by atoms with E-state index in [4.69, 9.17) is 0 Å². The Morgan fingerprint density at radius 3 is 2.83 bits per heavy atom. The summed E-state index contributed by atoms with van der Waals surface area (Å²) < 4.78 is 2.86. The van der Waals surface area contributed by atoms with E-state index in [1.807, 2.05) is 4.52 Å². The third-order valence-corrected chi connectivity index (χ3v) is 5.60. The molecule has 1 unspecified atom stereocenters. The molecular formula is C16H19BrN4O2. The quantitative estimate of drug-likeness (QED) is 0.888. The minimum Gasteiger partial charge on any atom is -0.481 e. The van der Waals surface area contributed by atoms with Crippen molar-refractivity contribution in [3.63, 3.8) is 0 Å². The second-order valence-corrected chi connectivity index (χ2v) is 7.46. The van der Waals surface area contributed by atoms with E-state index in [1.165, 1.54) is 18.4 Å². The number of aromatic nitrogens is 3. The van der Waals surface area contributed by atoms with Crippen molar-refractivity contribution in [3.05, 3.63) is 22.6 Å². The molecule has 1 aliphatic heterocycles. The van der Waals surface area contributed by atoms with Gasteiger partial charge in [0.1, 0.15) is 16.4 Å². The molecule has 1 saturated heterocycles. The Balaban J connectivity index is 1.76. The molecule has 2 aromatic rings. The lowest BCUT2D eigenvalue weighted by atomic mass is 9.91. The van der Waals surface area contributed by atoms with Crippen LogP contribution in [0.4, 0.5) is 5.82 Å². The summed E-state index contributed by atoms with van der Waals surface area (Å²) in [5, 5.41) is 13.6. The van der Waals surface area contributed by atoms with E-state index in [1.54, 1.807) is 6.33 Å². The van der Waals surface area contributed by atoms with Gasteiger partial charge in [0.2, 0.25) is 0 Å². The molecule has 0 amide bonds. The summed E-state index contributed by atoms with van der Waals surface area (Å²) in [6.45, 7) is 2.81. The van der Waals surface area contributed by atoms with E-state index in [0.717, 1.165) is 22.5 Å². The number of carboxylic acids is 1. The van der Waals surface area contributed by atoms with Gasteiger partial charge in [-0.1, -0.05) is 0 Å². The zero-order valence-electron chi connectivity index (χ0n) is 12.9. The second kappa shape index (κ2) is 5.47. The summed E-state index contributed by atoms with van der Waals surface area (Å²) >= 11 is 3.59. The lowest BCUT2D eigenvalue weighted by molar-refractivity contribution is -0.142. The highest BCUT2D eigenvalue weighted by atomic mass is 79.9. The Hall–Kier alpha value is -1.63. The minimum atomic E-state index is -0.687. The van der Waals surface area contributed by atoms with Crippen molar-refractivity contribution in [1.82, 2.24) is 14.6 Å². The van der Waals surface area contributed by atoms with Crippen LogP contribution in [0.5, 0.6) is 0 Å². The maximum atomic E-state index is 11.3. The molecule has 23 heavy (non-hydrogen) atoms. The maximum Gasteiger partial charge on any atom is 0.306 e. The van der Waals surface area contributed by atoms with Crippen molar-refractivity contribution < 1.29 is 9.90 Å². The molecule has 2 aromatic heterocycles. The van der Waals surface area contributed by atoms with Crippen molar-refractivity contribution in [2.45, 2.75) is 44.6 Å². The van der Waals surface area contributed by atoms with Gasteiger partial charge in [0.15, 0.2) is 5.82 Å². The molecule has 0 aromatic carbocycles. The van der Waals surface area contributed by atoms with Crippen LogP contribution in [0, 0.1) is 5.92 Å². The number of hydrogen-bond donors (Lipinski definition) is 1. The average molecular weight is 379 g/mol. The number of halogens is 1. The zero-order valence-corrected chi connectivity index (χ0v) is 14.5. The van der Waals surface area contributed by atoms with Crippen molar-refractivity contribution in [3.8, 4) is 0 Å². The molecule has 1 aliphatic carbocycles.